The molecule has 22 heavy (non-hydrogen) atoms. The lowest BCUT2D eigenvalue weighted by molar-refractivity contribution is -0.0804. The Hall–Kier alpha value is -0.690. The van der Waals surface area contributed by atoms with E-state index in [0.29, 0.717) is 35.5 Å². The minimum absolute atomic E-state index is 0.260. The number of aryl methyl sites for hydroxylation is 1. The lowest BCUT2D eigenvalue weighted by Gasteiger charge is -2.51. The Kier molecular flexibility index (Phi) is 4.22. The number of ether oxygens (including phenoxy) is 1. The largest absolute Gasteiger partial charge is 0.381 e. The molecule has 3 rings (SSSR count). The van der Waals surface area contributed by atoms with E-state index < -0.39 is 10.0 Å². The van der Waals surface area contributed by atoms with Gasteiger partial charge in [-0.05, 0) is 50.2 Å². The third kappa shape index (κ3) is 2.77. The van der Waals surface area contributed by atoms with Gasteiger partial charge in [0.05, 0.1) is 11.8 Å². The van der Waals surface area contributed by atoms with E-state index in [1.54, 1.807) is 24.4 Å². The van der Waals surface area contributed by atoms with Gasteiger partial charge in [-0.1, -0.05) is 11.6 Å². The van der Waals surface area contributed by atoms with E-state index in [2.05, 4.69) is 4.98 Å². The Morgan fingerprint density at radius 1 is 1.32 bits per heavy atom. The molecular formula is C15H21ClN2O3S. The van der Waals surface area contributed by atoms with Crippen LogP contribution >= 0.6 is 11.6 Å². The molecule has 1 spiro atoms. The quantitative estimate of drug-likeness (QED) is 0.791. The van der Waals surface area contributed by atoms with Gasteiger partial charge in [-0.25, -0.2) is 13.4 Å². The standard InChI is InChI=1S/C15H21ClN2O3S/c1-11-13(3-4-14(16)17-11)22(19,20)18-7-5-15(6-8-18)9-12(10-15)21-2/h3-4,12H,5-10H2,1-2H3. The van der Waals surface area contributed by atoms with Crippen LogP contribution in [-0.4, -0.2) is 44.0 Å². The van der Waals surface area contributed by atoms with Gasteiger partial charge < -0.3 is 4.74 Å². The van der Waals surface area contributed by atoms with Gasteiger partial charge in [0.1, 0.15) is 10.0 Å². The van der Waals surface area contributed by atoms with Crippen molar-refractivity contribution in [3.05, 3.63) is 23.0 Å². The van der Waals surface area contributed by atoms with E-state index in [0.717, 1.165) is 25.7 Å². The SMILES string of the molecule is COC1CC2(CCN(S(=O)(=O)c3ccc(Cl)nc3C)CC2)C1. The Morgan fingerprint density at radius 3 is 2.50 bits per heavy atom. The Labute approximate surface area is 136 Å². The zero-order chi connectivity index (χ0) is 16.0. The first-order chi connectivity index (χ1) is 10.4. The first kappa shape index (κ1) is 16.2. The van der Waals surface area contributed by atoms with Crippen LogP contribution in [0.1, 0.15) is 31.4 Å². The number of methoxy groups -OCH3 is 1. The first-order valence-electron chi connectivity index (χ1n) is 7.52. The average Bonchev–Trinajstić information content (AvgIpc) is 2.44. The normalized spacial score (nSPS) is 22.7. The van der Waals surface area contributed by atoms with E-state index in [1.807, 2.05) is 0 Å². The van der Waals surface area contributed by atoms with Crippen LogP contribution in [0.25, 0.3) is 0 Å². The molecule has 2 aliphatic rings. The smallest absolute Gasteiger partial charge is 0.244 e. The fraction of sp³-hybridized carbons (Fsp3) is 0.667. The number of halogens is 1. The first-order valence-corrected chi connectivity index (χ1v) is 9.34. The Morgan fingerprint density at radius 2 is 1.95 bits per heavy atom. The fourth-order valence-corrected chi connectivity index (χ4v) is 5.40. The molecule has 1 saturated carbocycles. The molecule has 0 aromatic carbocycles. The summed E-state index contributed by atoms with van der Waals surface area (Å²) in [6.45, 7) is 2.82. The summed E-state index contributed by atoms with van der Waals surface area (Å²) in [6, 6.07) is 3.08. The lowest BCUT2D eigenvalue weighted by Crippen LogP contribution is -2.50. The van der Waals surface area contributed by atoms with Crippen molar-refractivity contribution in [1.29, 1.82) is 0 Å². The summed E-state index contributed by atoms with van der Waals surface area (Å²) >= 11 is 5.81. The van der Waals surface area contributed by atoms with Gasteiger partial charge in [-0.2, -0.15) is 4.31 Å². The number of nitrogens with zero attached hydrogens (tertiary/aromatic N) is 2. The van der Waals surface area contributed by atoms with Crippen molar-refractivity contribution in [3.8, 4) is 0 Å². The number of aromatic nitrogens is 1. The van der Waals surface area contributed by atoms with Crippen LogP contribution in [0, 0.1) is 12.3 Å². The van der Waals surface area contributed by atoms with E-state index in [-0.39, 0.29) is 4.90 Å². The molecule has 5 nitrogen and oxygen atoms in total. The van der Waals surface area contributed by atoms with Gasteiger partial charge in [0.2, 0.25) is 10.0 Å². The molecular weight excluding hydrogens is 324 g/mol. The third-order valence-corrected chi connectivity index (χ3v) is 7.30. The van der Waals surface area contributed by atoms with Crippen LogP contribution in [0.3, 0.4) is 0 Å². The molecule has 1 aliphatic carbocycles. The summed E-state index contributed by atoms with van der Waals surface area (Å²) < 4.78 is 32.5. The van der Waals surface area contributed by atoms with Crippen LogP contribution in [-0.2, 0) is 14.8 Å². The highest BCUT2D eigenvalue weighted by Crippen LogP contribution is 2.50. The van der Waals surface area contributed by atoms with Gasteiger partial charge >= 0.3 is 0 Å². The Bertz CT molecular complexity index is 661. The van der Waals surface area contributed by atoms with Crippen LogP contribution in [0.4, 0.5) is 0 Å². The number of rotatable bonds is 3. The second-order valence-electron chi connectivity index (χ2n) is 6.39. The predicted octanol–water partition coefficient (Wildman–Crippen LogP) is 2.62. The monoisotopic (exact) mass is 344 g/mol. The van der Waals surface area contributed by atoms with Crippen LogP contribution in [0.15, 0.2) is 17.0 Å². The van der Waals surface area contributed by atoms with Crippen LogP contribution in [0.2, 0.25) is 5.15 Å². The Balaban J connectivity index is 1.72. The van der Waals surface area contributed by atoms with Crippen molar-refractivity contribution in [2.45, 2.75) is 43.6 Å². The van der Waals surface area contributed by atoms with E-state index >= 15 is 0 Å². The second-order valence-corrected chi connectivity index (χ2v) is 8.68. The molecule has 122 valence electrons. The highest BCUT2D eigenvalue weighted by atomic mass is 35.5. The van der Waals surface area contributed by atoms with Gasteiger partial charge in [-0.3, -0.25) is 0 Å². The summed E-state index contributed by atoms with van der Waals surface area (Å²) in [5, 5.41) is 0.314. The molecule has 1 saturated heterocycles. The van der Waals surface area contributed by atoms with Crippen molar-refractivity contribution in [2.24, 2.45) is 5.41 Å². The van der Waals surface area contributed by atoms with Crippen molar-refractivity contribution >= 4 is 21.6 Å². The lowest BCUT2D eigenvalue weighted by atomic mass is 9.62. The fourth-order valence-electron chi connectivity index (χ4n) is 3.61. The molecule has 1 aromatic rings. The molecule has 2 heterocycles. The predicted molar refractivity (Wildman–Crippen MR) is 84.4 cm³/mol. The topological polar surface area (TPSA) is 59.5 Å². The summed E-state index contributed by atoms with van der Waals surface area (Å²) in [5.74, 6) is 0. The van der Waals surface area contributed by atoms with Gasteiger partial charge in [0.25, 0.3) is 0 Å². The van der Waals surface area contributed by atoms with Crippen molar-refractivity contribution in [2.75, 3.05) is 20.2 Å². The van der Waals surface area contributed by atoms with Crippen LogP contribution < -0.4 is 0 Å². The zero-order valence-corrected chi connectivity index (χ0v) is 14.5. The maximum Gasteiger partial charge on any atom is 0.244 e. The van der Waals surface area contributed by atoms with Crippen molar-refractivity contribution in [3.63, 3.8) is 0 Å². The maximum atomic E-state index is 12.8. The minimum Gasteiger partial charge on any atom is -0.381 e. The van der Waals surface area contributed by atoms with E-state index in [9.17, 15) is 8.42 Å². The number of pyridine rings is 1. The van der Waals surface area contributed by atoms with Gasteiger partial charge in [-0.15, -0.1) is 0 Å². The van der Waals surface area contributed by atoms with E-state index in [4.69, 9.17) is 16.3 Å². The molecule has 0 amide bonds. The van der Waals surface area contributed by atoms with Gasteiger partial charge in [0.15, 0.2) is 0 Å². The maximum absolute atomic E-state index is 12.8. The highest BCUT2D eigenvalue weighted by Gasteiger charge is 2.47. The molecule has 1 aromatic heterocycles. The molecule has 0 radical (unpaired) electrons. The highest BCUT2D eigenvalue weighted by molar-refractivity contribution is 7.89. The molecule has 0 atom stereocenters. The number of piperidine rings is 1. The molecule has 2 fully saturated rings. The zero-order valence-electron chi connectivity index (χ0n) is 12.9. The third-order valence-electron chi connectivity index (χ3n) is 5.06. The number of sulfonamides is 1. The summed E-state index contributed by atoms with van der Waals surface area (Å²) in [5.41, 5.74) is 0.746. The molecule has 0 bridgehead atoms. The van der Waals surface area contributed by atoms with Gasteiger partial charge in [0, 0.05) is 20.2 Å². The van der Waals surface area contributed by atoms with Crippen molar-refractivity contribution in [1.82, 2.24) is 9.29 Å². The summed E-state index contributed by atoms with van der Waals surface area (Å²) in [6.07, 6.45) is 4.28. The molecule has 0 unspecified atom stereocenters. The summed E-state index contributed by atoms with van der Waals surface area (Å²) in [7, 11) is -1.74. The molecule has 1 aliphatic heterocycles. The summed E-state index contributed by atoms with van der Waals surface area (Å²) in [4.78, 5) is 4.32. The number of hydrogen-bond donors (Lipinski definition) is 0. The van der Waals surface area contributed by atoms with Crippen LogP contribution in [0.5, 0.6) is 0 Å². The minimum atomic E-state index is -3.48. The average molecular weight is 345 g/mol. The molecule has 0 N–H and O–H groups in total. The van der Waals surface area contributed by atoms with E-state index in [1.165, 1.54) is 6.07 Å². The van der Waals surface area contributed by atoms with Crippen molar-refractivity contribution < 1.29 is 13.2 Å². The second kappa shape index (κ2) is 5.74. The number of hydrogen-bond acceptors (Lipinski definition) is 4. The molecule has 7 heteroatoms.